The number of aliphatic hydroxyl groups excluding tert-OH is 1. The molecule has 17 heavy (non-hydrogen) atoms. The monoisotopic (exact) mass is 265 g/mol. The molecule has 0 fully saturated rings. The van der Waals surface area contributed by atoms with E-state index in [1.54, 1.807) is 0 Å². The first-order chi connectivity index (χ1) is 7.60. The quantitative estimate of drug-likeness (QED) is 0.739. The van der Waals surface area contributed by atoms with Crippen LogP contribution in [-0.4, -0.2) is 31.4 Å². The molecule has 0 aromatic heterocycles. The normalized spacial score (nSPS) is 14.0. The number of hydrogen-bond donors (Lipinski definition) is 2. The number of aliphatic hydroxyl groups is 1. The Bertz CT molecular complexity index is 305. The number of rotatable bonds is 7. The maximum atomic E-state index is 11.9. The summed E-state index contributed by atoms with van der Waals surface area (Å²) in [4.78, 5) is 0. The predicted octanol–water partition coefficient (Wildman–Crippen LogP) is 1.89. The first-order valence-corrected chi connectivity index (χ1v) is 7.87. The fourth-order valence-corrected chi connectivity index (χ4v) is 3.47. The SMILES string of the molecule is CCC(CC)(CO)NS(=O)(=O)CCC(C)(C)C. The molecule has 0 saturated carbocycles. The van der Waals surface area contributed by atoms with Gasteiger partial charge in [-0.1, -0.05) is 34.6 Å². The van der Waals surface area contributed by atoms with Crippen LogP contribution in [0.4, 0.5) is 0 Å². The summed E-state index contributed by atoms with van der Waals surface area (Å²) in [5.74, 6) is 0.109. The fourth-order valence-electron chi connectivity index (χ4n) is 1.47. The summed E-state index contributed by atoms with van der Waals surface area (Å²) >= 11 is 0. The van der Waals surface area contributed by atoms with E-state index >= 15 is 0 Å². The average molecular weight is 265 g/mol. The van der Waals surface area contributed by atoms with Gasteiger partial charge in [0, 0.05) is 0 Å². The molecule has 0 radical (unpaired) electrons. The molecule has 0 aliphatic carbocycles. The van der Waals surface area contributed by atoms with E-state index in [2.05, 4.69) is 4.72 Å². The standard InChI is InChI=1S/C12H27NO3S/c1-6-12(7-2,10-14)13-17(15,16)9-8-11(3,4)5/h13-14H,6-10H2,1-5H3. The van der Waals surface area contributed by atoms with Gasteiger partial charge in [-0.15, -0.1) is 0 Å². The molecule has 0 saturated heterocycles. The molecule has 4 nitrogen and oxygen atoms in total. The Morgan fingerprint density at radius 3 is 1.88 bits per heavy atom. The second-order valence-corrected chi connectivity index (χ2v) is 7.72. The summed E-state index contributed by atoms with van der Waals surface area (Å²) in [7, 11) is -3.32. The van der Waals surface area contributed by atoms with Crippen LogP contribution in [-0.2, 0) is 10.0 Å². The van der Waals surface area contributed by atoms with Crippen molar-refractivity contribution >= 4 is 10.0 Å². The van der Waals surface area contributed by atoms with E-state index in [0.717, 1.165) is 0 Å². The summed E-state index contributed by atoms with van der Waals surface area (Å²) in [5.41, 5.74) is -0.703. The van der Waals surface area contributed by atoms with Crippen LogP contribution in [0.1, 0.15) is 53.9 Å². The third-order valence-corrected chi connectivity index (χ3v) is 4.63. The van der Waals surface area contributed by atoms with Gasteiger partial charge in [0.05, 0.1) is 17.9 Å². The second-order valence-electron chi connectivity index (χ2n) is 5.88. The topological polar surface area (TPSA) is 66.4 Å². The number of sulfonamides is 1. The molecule has 0 bridgehead atoms. The molecule has 0 aliphatic heterocycles. The zero-order valence-electron chi connectivity index (χ0n) is 11.7. The molecule has 0 rings (SSSR count). The molecule has 0 aromatic rings. The lowest BCUT2D eigenvalue weighted by Gasteiger charge is -2.30. The Kier molecular flexibility index (Phi) is 6.11. The fraction of sp³-hybridized carbons (Fsp3) is 1.00. The van der Waals surface area contributed by atoms with Crippen LogP contribution in [0, 0.1) is 5.41 Å². The zero-order chi connectivity index (χ0) is 13.7. The van der Waals surface area contributed by atoms with Gasteiger partial charge in [0.25, 0.3) is 0 Å². The first kappa shape index (κ1) is 16.9. The van der Waals surface area contributed by atoms with E-state index in [4.69, 9.17) is 0 Å². The highest BCUT2D eigenvalue weighted by Gasteiger charge is 2.31. The van der Waals surface area contributed by atoms with E-state index in [0.29, 0.717) is 19.3 Å². The maximum Gasteiger partial charge on any atom is 0.212 e. The van der Waals surface area contributed by atoms with Crippen LogP contribution in [0.3, 0.4) is 0 Å². The Morgan fingerprint density at radius 2 is 1.59 bits per heavy atom. The van der Waals surface area contributed by atoms with Crippen molar-refractivity contribution in [2.75, 3.05) is 12.4 Å². The molecule has 104 valence electrons. The zero-order valence-corrected chi connectivity index (χ0v) is 12.5. The molecular formula is C12H27NO3S. The van der Waals surface area contributed by atoms with Crippen molar-refractivity contribution in [2.45, 2.75) is 59.4 Å². The van der Waals surface area contributed by atoms with Crippen molar-refractivity contribution in [2.24, 2.45) is 5.41 Å². The molecule has 0 atom stereocenters. The van der Waals surface area contributed by atoms with E-state index in [-0.39, 0.29) is 17.8 Å². The van der Waals surface area contributed by atoms with Crippen LogP contribution in [0.5, 0.6) is 0 Å². The third kappa shape index (κ3) is 6.38. The van der Waals surface area contributed by atoms with Gasteiger partial charge in [0.1, 0.15) is 0 Å². The lowest BCUT2D eigenvalue weighted by Crippen LogP contribution is -2.51. The Balaban J connectivity index is 4.63. The highest BCUT2D eigenvalue weighted by Crippen LogP contribution is 2.21. The van der Waals surface area contributed by atoms with Crippen LogP contribution >= 0.6 is 0 Å². The molecule has 0 unspecified atom stereocenters. The van der Waals surface area contributed by atoms with Gasteiger partial charge in [-0.3, -0.25) is 0 Å². The molecular weight excluding hydrogens is 238 g/mol. The van der Waals surface area contributed by atoms with Crippen LogP contribution in [0.25, 0.3) is 0 Å². The minimum Gasteiger partial charge on any atom is -0.394 e. The van der Waals surface area contributed by atoms with Crippen LogP contribution < -0.4 is 4.72 Å². The number of hydrogen-bond acceptors (Lipinski definition) is 3. The summed E-state index contributed by atoms with van der Waals surface area (Å²) in [6.45, 7) is 9.65. The van der Waals surface area contributed by atoms with Gasteiger partial charge in [-0.2, -0.15) is 0 Å². The minimum absolute atomic E-state index is 0.00491. The van der Waals surface area contributed by atoms with E-state index < -0.39 is 15.6 Å². The predicted molar refractivity (Wildman–Crippen MR) is 71.4 cm³/mol. The van der Waals surface area contributed by atoms with Gasteiger partial charge >= 0.3 is 0 Å². The largest absolute Gasteiger partial charge is 0.394 e. The van der Waals surface area contributed by atoms with Crippen LogP contribution in [0.15, 0.2) is 0 Å². The van der Waals surface area contributed by atoms with Crippen molar-refractivity contribution < 1.29 is 13.5 Å². The van der Waals surface area contributed by atoms with Crippen molar-refractivity contribution in [1.82, 2.24) is 4.72 Å². The second kappa shape index (κ2) is 6.16. The van der Waals surface area contributed by atoms with E-state index in [1.807, 2.05) is 34.6 Å². The van der Waals surface area contributed by atoms with Crippen molar-refractivity contribution in [3.63, 3.8) is 0 Å². The Morgan fingerprint density at radius 1 is 1.12 bits per heavy atom. The molecule has 2 N–H and O–H groups in total. The van der Waals surface area contributed by atoms with Gasteiger partial charge < -0.3 is 5.11 Å². The van der Waals surface area contributed by atoms with Crippen molar-refractivity contribution in [3.05, 3.63) is 0 Å². The van der Waals surface area contributed by atoms with Gasteiger partial charge in [-0.25, -0.2) is 13.1 Å². The van der Waals surface area contributed by atoms with Crippen molar-refractivity contribution in [1.29, 1.82) is 0 Å². The lowest BCUT2D eigenvalue weighted by molar-refractivity contribution is 0.172. The maximum absolute atomic E-state index is 11.9. The lowest BCUT2D eigenvalue weighted by atomic mass is 9.94. The minimum atomic E-state index is -3.32. The molecule has 0 amide bonds. The molecule has 0 heterocycles. The van der Waals surface area contributed by atoms with E-state index in [1.165, 1.54) is 0 Å². The van der Waals surface area contributed by atoms with Crippen molar-refractivity contribution in [3.8, 4) is 0 Å². The molecule has 0 aromatic carbocycles. The molecule has 0 spiro atoms. The first-order valence-electron chi connectivity index (χ1n) is 6.22. The molecule has 5 heteroatoms. The van der Waals surface area contributed by atoms with Gasteiger partial charge in [0.15, 0.2) is 0 Å². The highest BCUT2D eigenvalue weighted by molar-refractivity contribution is 7.89. The average Bonchev–Trinajstić information content (AvgIpc) is 2.23. The van der Waals surface area contributed by atoms with Gasteiger partial charge in [0.2, 0.25) is 10.0 Å². The summed E-state index contributed by atoms with van der Waals surface area (Å²) in [5, 5.41) is 9.34. The Hall–Kier alpha value is -0.130. The Labute approximate surface area is 106 Å². The summed E-state index contributed by atoms with van der Waals surface area (Å²) < 4.78 is 26.5. The summed E-state index contributed by atoms with van der Waals surface area (Å²) in [6.07, 6.45) is 1.79. The summed E-state index contributed by atoms with van der Waals surface area (Å²) in [6, 6.07) is 0. The smallest absolute Gasteiger partial charge is 0.212 e. The number of nitrogens with one attached hydrogen (secondary N) is 1. The van der Waals surface area contributed by atoms with Gasteiger partial charge in [-0.05, 0) is 24.7 Å². The highest BCUT2D eigenvalue weighted by atomic mass is 32.2. The van der Waals surface area contributed by atoms with Crippen LogP contribution in [0.2, 0.25) is 0 Å². The third-order valence-electron chi connectivity index (χ3n) is 3.15. The van der Waals surface area contributed by atoms with E-state index in [9.17, 15) is 13.5 Å². The molecule has 0 aliphatic rings.